The van der Waals surface area contributed by atoms with Gasteiger partial charge < -0.3 is 11.5 Å². The van der Waals surface area contributed by atoms with E-state index < -0.39 is 0 Å². The van der Waals surface area contributed by atoms with Crippen LogP contribution in [-0.2, 0) is 11.2 Å². The summed E-state index contributed by atoms with van der Waals surface area (Å²) in [6.45, 7) is 1.92. The lowest BCUT2D eigenvalue weighted by atomic mass is 10.1. The summed E-state index contributed by atoms with van der Waals surface area (Å²) in [5.74, 6) is -0.184. The minimum Gasteiger partial charge on any atom is -0.399 e. The van der Waals surface area contributed by atoms with E-state index in [-0.39, 0.29) is 11.9 Å². The lowest BCUT2D eigenvalue weighted by Gasteiger charge is -2.21. The second-order valence-corrected chi connectivity index (χ2v) is 4.94. The van der Waals surface area contributed by atoms with Gasteiger partial charge in [-0.15, -0.1) is 0 Å². The van der Waals surface area contributed by atoms with Gasteiger partial charge in [0.05, 0.1) is 6.04 Å². The number of hydrogen-bond acceptors (Lipinski definition) is 3. The molecule has 0 bridgehead atoms. The van der Waals surface area contributed by atoms with Crippen molar-refractivity contribution in [3.05, 3.63) is 29.8 Å². The van der Waals surface area contributed by atoms with Crippen molar-refractivity contribution in [2.45, 2.75) is 31.7 Å². The normalized spacial score (nSPS) is 20.1. The summed E-state index contributed by atoms with van der Waals surface area (Å²) in [6.07, 6.45) is 4.01. The summed E-state index contributed by atoms with van der Waals surface area (Å²) < 4.78 is 0. The van der Waals surface area contributed by atoms with E-state index in [1.165, 1.54) is 5.56 Å². The Morgan fingerprint density at radius 2 is 2.28 bits per heavy atom. The van der Waals surface area contributed by atoms with Crippen molar-refractivity contribution in [3.63, 3.8) is 0 Å². The predicted octanol–water partition coefficient (Wildman–Crippen LogP) is 1.15. The quantitative estimate of drug-likeness (QED) is 0.767. The Kier molecular flexibility index (Phi) is 4.20. The van der Waals surface area contributed by atoms with Gasteiger partial charge in [-0.05, 0) is 56.5 Å². The zero-order valence-corrected chi connectivity index (χ0v) is 10.6. The Morgan fingerprint density at radius 3 is 3.00 bits per heavy atom. The van der Waals surface area contributed by atoms with Gasteiger partial charge in [-0.25, -0.2) is 0 Å². The number of carbonyl (C=O) groups excluding carboxylic acids is 1. The molecular formula is C14H21N3O. The van der Waals surface area contributed by atoms with E-state index in [9.17, 15) is 4.79 Å². The van der Waals surface area contributed by atoms with Crippen molar-refractivity contribution in [1.29, 1.82) is 0 Å². The summed E-state index contributed by atoms with van der Waals surface area (Å²) in [4.78, 5) is 13.5. The van der Waals surface area contributed by atoms with Crippen LogP contribution in [0.1, 0.15) is 24.8 Å². The Hall–Kier alpha value is -1.55. The van der Waals surface area contributed by atoms with Crippen LogP contribution in [0.15, 0.2) is 24.3 Å². The molecule has 1 fully saturated rings. The van der Waals surface area contributed by atoms with Gasteiger partial charge in [-0.2, -0.15) is 0 Å². The first-order valence-electron chi connectivity index (χ1n) is 6.54. The number of hydrogen-bond donors (Lipinski definition) is 2. The van der Waals surface area contributed by atoms with Crippen LogP contribution in [0.4, 0.5) is 5.69 Å². The molecule has 4 N–H and O–H groups in total. The maximum atomic E-state index is 11.3. The third-order valence-corrected chi connectivity index (χ3v) is 3.55. The molecule has 4 nitrogen and oxygen atoms in total. The molecule has 98 valence electrons. The third-order valence-electron chi connectivity index (χ3n) is 3.55. The predicted molar refractivity (Wildman–Crippen MR) is 73.0 cm³/mol. The first-order chi connectivity index (χ1) is 8.66. The van der Waals surface area contributed by atoms with E-state index >= 15 is 0 Å². The highest BCUT2D eigenvalue weighted by molar-refractivity contribution is 5.80. The van der Waals surface area contributed by atoms with E-state index in [4.69, 9.17) is 11.5 Å². The molecule has 1 saturated heterocycles. The van der Waals surface area contributed by atoms with E-state index in [1.54, 1.807) is 0 Å². The molecule has 0 spiro atoms. The molecule has 4 heteroatoms. The molecule has 0 aliphatic carbocycles. The van der Waals surface area contributed by atoms with Crippen LogP contribution in [0.25, 0.3) is 0 Å². The highest BCUT2D eigenvalue weighted by Gasteiger charge is 2.27. The van der Waals surface area contributed by atoms with Crippen LogP contribution in [0, 0.1) is 0 Å². The highest BCUT2D eigenvalue weighted by Crippen LogP contribution is 2.17. The molecule has 1 heterocycles. The van der Waals surface area contributed by atoms with Gasteiger partial charge in [0.25, 0.3) is 0 Å². The molecule has 2 rings (SSSR count). The smallest absolute Gasteiger partial charge is 0.234 e. The van der Waals surface area contributed by atoms with Gasteiger partial charge >= 0.3 is 0 Å². The van der Waals surface area contributed by atoms with Gasteiger partial charge in [-0.1, -0.05) is 12.1 Å². The van der Waals surface area contributed by atoms with Crippen molar-refractivity contribution in [3.8, 4) is 0 Å². The third kappa shape index (κ3) is 3.23. The maximum Gasteiger partial charge on any atom is 0.234 e. The number of benzene rings is 1. The minimum atomic E-state index is -0.184. The number of anilines is 1. The summed E-state index contributed by atoms with van der Waals surface area (Å²) in [5, 5.41) is 0. The van der Waals surface area contributed by atoms with Crippen molar-refractivity contribution in [1.82, 2.24) is 4.90 Å². The molecule has 18 heavy (non-hydrogen) atoms. The van der Waals surface area contributed by atoms with Crippen LogP contribution in [0.3, 0.4) is 0 Å². The number of nitrogens with zero attached hydrogens (tertiary/aromatic N) is 1. The van der Waals surface area contributed by atoms with Crippen molar-refractivity contribution in [2.75, 3.05) is 18.8 Å². The van der Waals surface area contributed by atoms with Gasteiger partial charge in [-0.3, -0.25) is 9.69 Å². The van der Waals surface area contributed by atoms with E-state index in [0.717, 1.165) is 44.5 Å². The molecule has 0 aromatic heterocycles. The second-order valence-electron chi connectivity index (χ2n) is 4.94. The van der Waals surface area contributed by atoms with E-state index in [1.807, 2.05) is 18.2 Å². The highest BCUT2D eigenvalue weighted by atomic mass is 16.1. The standard InChI is InChI=1S/C14H21N3O/c15-12-6-1-4-11(10-12)5-2-8-17-9-3-7-13(17)14(16)18/h1,4,6,10,13H,2-3,5,7-9,15H2,(H2,16,18). The lowest BCUT2D eigenvalue weighted by Crippen LogP contribution is -2.40. The van der Waals surface area contributed by atoms with Crippen molar-refractivity contribution < 1.29 is 4.79 Å². The Morgan fingerprint density at radius 1 is 1.44 bits per heavy atom. The second kappa shape index (κ2) is 5.87. The average Bonchev–Trinajstić information content (AvgIpc) is 2.77. The monoisotopic (exact) mass is 247 g/mol. The number of nitrogens with two attached hydrogens (primary N) is 2. The zero-order chi connectivity index (χ0) is 13.0. The maximum absolute atomic E-state index is 11.3. The summed E-state index contributed by atoms with van der Waals surface area (Å²) in [6, 6.07) is 7.92. The fourth-order valence-electron chi connectivity index (χ4n) is 2.65. The van der Waals surface area contributed by atoms with Crippen LogP contribution in [-0.4, -0.2) is 29.9 Å². The Balaban J connectivity index is 1.80. The Labute approximate surface area is 108 Å². The van der Waals surface area contributed by atoms with Gasteiger partial charge in [0.2, 0.25) is 5.91 Å². The zero-order valence-electron chi connectivity index (χ0n) is 10.6. The molecule has 1 aromatic rings. The molecule has 1 amide bonds. The van der Waals surface area contributed by atoms with E-state index in [0.29, 0.717) is 0 Å². The van der Waals surface area contributed by atoms with Crippen LogP contribution >= 0.6 is 0 Å². The summed E-state index contributed by atoms with van der Waals surface area (Å²) >= 11 is 0. The van der Waals surface area contributed by atoms with Gasteiger partial charge in [0.15, 0.2) is 0 Å². The average molecular weight is 247 g/mol. The largest absolute Gasteiger partial charge is 0.399 e. The molecule has 1 aliphatic heterocycles. The number of aryl methyl sites for hydroxylation is 1. The molecule has 1 aliphatic rings. The molecule has 0 saturated carbocycles. The SMILES string of the molecule is NC(=O)C1CCCN1CCCc1cccc(N)c1. The van der Waals surface area contributed by atoms with Gasteiger partial charge in [0, 0.05) is 5.69 Å². The van der Waals surface area contributed by atoms with E-state index in [2.05, 4.69) is 11.0 Å². The fourth-order valence-corrected chi connectivity index (χ4v) is 2.65. The molecule has 1 aromatic carbocycles. The summed E-state index contributed by atoms with van der Waals surface area (Å²) in [5.41, 5.74) is 13.2. The lowest BCUT2D eigenvalue weighted by molar-refractivity contribution is -0.122. The number of amides is 1. The summed E-state index contributed by atoms with van der Waals surface area (Å²) in [7, 11) is 0. The number of carbonyl (C=O) groups is 1. The molecule has 1 unspecified atom stereocenters. The molecule has 1 atom stereocenters. The minimum absolute atomic E-state index is 0.0501. The number of primary amides is 1. The molecule has 0 radical (unpaired) electrons. The van der Waals surface area contributed by atoms with Crippen LogP contribution in [0.5, 0.6) is 0 Å². The van der Waals surface area contributed by atoms with Gasteiger partial charge in [0.1, 0.15) is 0 Å². The topological polar surface area (TPSA) is 72.4 Å². The van der Waals surface area contributed by atoms with Crippen molar-refractivity contribution >= 4 is 11.6 Å². The number of nitrogen functional groups attached to an aromatic ring is 1. The number of rotatable bonds is 5. The Bertz CT molecular complexity index is 419. The number of likely N-dealkylation sites (tertiary alicyclic amines) is 1. The first-order valence-corrected chi connectivity index (χ1v) is 6.54. The van der Waals surface area contributed by atoms with Crippen molar-refractivity contribution in [2.24, 2.45) is 5.73 Å². The first kappa shape index (κ1) is 12.9. The fraction of sp³-hybridized carbons (Fsp3) is 0.500. The van der Waals surface area contributed by atoms with Crippen LogP contribution in [0.2, 0.25) is 0 Å². The van der Waals surface area contributed by atoms with Crippen LogP contribution < -0.4 is 11.5 Å². The molecular weight excluding hydrogens is 226 g/mol.